The average Bonchev–Trinajstić information content (AvgIpc) is 2.42. The van der Waals surface area contributed by atoms with Crippen molar-refractivity contribution in [2.45, 2.75) is 26.4 Å². The highest BCUT2D eigenvalue weighted by Gasteiger charge is 2.18. The lowest BCUT2D eigenvalue weighted by Crippen LogP contribution is -2.27. The Labute approximate surface area is 104 Å². The number of carbonyl (C=O) groups is 2. The molecule has 6 nitrogen and oxygen atoms in total. The van der Waals surface area contributed by atoms with Crippen LogP contribution >= 0.6 is 11.6 Å². The zero-order valence-electron chi connectivity index (χ0n) is 10.1. The van der Waals surface area contributed by atoms with Crippen LogP contribution in [0.25, 0.3) is 0 Å². The highest BCUT2D eigenvalue weighted by molar-refractivity contribution is 6.67. The van der Waals surface area contributed by atoms with Gasteiger partial charge in [-0.2, -0.15) is 0 Å². The number of imidazole rings is 1. The Morgan fingerprint density at radius 3 is 2.47 bits per heavy atom. The molecule has 0 bridgehead atoms. The van der Waals surface area contributed by atoms with Crippen LogP contribution in [0.3, 0.4) is 0 Å². The van der Waals surface area contributed by atoms with Gasteiger partial charge in [-0.15, -0.1) is 0 Å². The first-order chi connectivity index (χ1) is 7.69. The summed E-state index contributed by atoms with van der Waals surface area (Å²) < 4.78 is 6.45. The second kappa shape index (κ2) is 4.75. The summed E-state index contributed by atoms with van der Waals surface area (Å²) in [4.78, 5) is 26.2. The number of hydrogen-bond donors (Lipinski definition) is 1. The van der Waals surface area contributed by atoms with Gasteiger partial charge in [0.1, 0.15) is 5.60 Å². The van der Waals surface area contributed by atoms with E-state index in [0.29, 0.717) is 0 Å². The molecule has 0 fully saturated rings. The van der Waals surface area contributed by atoms with Crippen LogP contribution in [-0.4, -0.2) is 26.5 Å². The van der Waals surface area contributed by atoms with E-state index in [-0.39, 0.29) is 11.6 Å². The van der Waals surface area contributed by atoms with E-state index in [4.69, 9.17) is 16.3 Å². The topological polar surface area (TPSA) is 73.2 Å². The van der Waals surface area contributed by atoms with Crippen molar-refractivity contribution >= 4 is 28.8 Å². The largest absolute Gasteiger partial charge is 0.444 e. The van der Waals surface area contributed by atoms with Crippen molar-refractivity contribution in [3.05, 3.63) is 12.0 Å². The van der Waals surface area contributed by atoms with Gasteiger partial charge in [-0.25, -0.2) is 9.78 Å². The lowest BCUT2D eigenvalue weighted by atomic mass is 10.2. The minimum atomic E-state index is -0.690. The third kappa shape index (κ3) is 4.07. The number of ether oxygens (including phenoxy) is 1. The summed E-state index contributed by atoms with van der Waals surface area (Å²) in [5.41, 5.74) is -0.593. The maximum absolute atomic E-state index is 11.4. The van der Waals surface area contributed by atoms with E-state index in [9.17, 15) is 9.59 Å². The molecule has 1 N–H and O–H groups in total. The number of hydrogen-bond acceptors (Lipinski definition) is 4. The van der Waals surface area contributed by atoms with Gasteiger partial charge in [0.15, 0.2) is 11.6 Å². The molecule has 0 spiro atoms. The van der Waals surface area contributed by atoms with Gasteiger partial charge in [-0.05, 0) is 32.4 Å². The molecule has 0 aliphatic rings. The van der Waals surface area contributed by atoms with Crippen LogP contribution in [0.5, 0.6) is 0 Å². The minimum absolute atomic E-state index is 0.0534. The molecule has 1 heterocycles. The highest BCUT2D eigenvalue weighted by atomic mass is 35.5. The van der Waals surface area contributed by atoms with E-state index in [2.05, 4.69) is 10.3 Å². The number of aryl methyl sites for hydroxylation is 1. The fourth-order valence-electron chi connectivity index (χ4n) is 1.12. The Balaban J connectivity index is 2.73. The van der Waals surface area contributed by atoms with E-state index in [1.54, 1.807) is 27.8 Å². The summed E-state index contributed by atoms with van der Waals surface area (Å²) in [5.74, 6) is 0.267. The van der Waals surface area contributed by atoms with Crippen LogP contribution in [-0.2, 0) is 11.8 Å². The monoisotopic (exact) mass is 259 g/mol. The predicted molar refractivity (Wildman–Crippen MR) is 63.2 cm³/mol. The second-order valence-electron chi connectivity index (χ2n) is 4.46. The number of rotatable bonds is 2. The molecular formula is C10H14ClN3O3. The van der Waals surface area contributed by atoms with Gasteiger partial charge < -0.3 is 9.30 Å². The van der Waals surface area contributed by atoms with Crippen molar-refractivity contribution in [1.29, 1.82) is 0 Å². The van der Waals surface area contributed by atoms with E-state index in [0.717, 1.165) is 0 Å². The summed E-state index contributed by atoms with van der Waals surface area (Å²) >= 11 is 5.30. The van der Waals surface area contributed by atoms with Gasteiger partial charge in [0.25, 0.3) is 5.24 Å². The Morgan fingerprint density at radius 2 is 2.06 bits per heavy atom. The molecule has 0 aromatic carbocycles. The molecule has 1 aromatic heterocycles. The van der Waals surface area contributed by atoms with Crippen LogP contribution in [0.2, 0.25) is 0 Å². The van der Waals surface area contributed by atoms with Crippen LogP contribution < -0.4 is 5.32 Å². The predicted octanol–water partition coefficient (Wildman–Crippen LogP) is 2.15. The molecule has 0 radical (unpaired) electrons. The second-order valence-corrected chi connectivity index (χ2v) is 4.80. The van der Waals surface area contributed by atoms with E-state index >= 15 is 0 Å². The normalized spacial score (nSPS) is 11.1. The van der Waals surface area contributed by atoms with E-state index < -0.39 is 16.9 Å². The molecule has 0 atom stereocenters. The molecular weight excluding hydrogens is 246 g/mol. The van der Waals surface area contributed by atoms with E-state index in [1.165, 1.54) is 10.8 Å². The van der Waals surface area contributed by atoms with Gasteiger partial charge in [-0.1, -0.05) is 0 Å². The fourth-order valence-corrected chi connectivity index (χ4v) is 1.29. The van der Waals surface area contributed by atoms with Gasteiger partial charge in [0.2, 0.25) is 0 Å². The third-order valence-electron chi connectivity index (χ3n) is 1.68. The maximum Gasteiger partial charge on any atom is 0.413 e. The van der Waals surface area contributed by atoms with Gasteiger partial charge in [0, 0.05) is 13.2 Å². The Hall–Kier alpha value is -1.56. The minimum Gasteiger partial charge on any atom is -0.444 e. The zero-order chi connectivity index (χ0) is 13.2. The number of aromatic nitrogens is 2. The van der Waals surface area contributed by atoms with E-state index in [1.807, 2.05) is 0 Å². The Morgan fingerprint density at radius 1 is 1.47 bits per heavy atom. The summed E-state index contributed by atoms with van der Waals surface area (Å²) in [6.45, 7) is 5.25. The quantitative estimate of drug-likeness (QED) is 0.826. The Kier molecular flexibility index (Phi) is 3.77. The van der Waals surface area contributed by atoms with Crippen molar-refractivity contribution in [1.82, 2.24) is 9.55 Å². The molecule has 0 unspecified atom stereocenters. The van der Waals surface area contributed by atoms with Crippen molar-refractivity contribution in [3.63, 3.8) is 0 Å². The summed E-state index contributed by atoms with van der Waals surface area (Å²) in [5, 5.41) is 1.72. The van der Waals surface area contributed by atoms with Crippen molar-refractivity contribution in [2.24, 2.45) is 7.05 Å². The van der Waals surface area contributed by atoms with Crippen molar-refractivity contribution < 1.29 is 14.3 Å². The summed E-state index contributed by atoms with van der Waals surface area (Å²) in [7, 11) is 1.60. The number of anilines is 1. The Bertz CT molecular complexity index is 448. The number of nitrogens with one attached hydrogen (secondary N) is 1. The molecule has 17 heavy (non-hydrogen) atoms. The molecule has 0 aliphatic carbocycles. The number of carbonyl (C=O) groups excluding carboxylic acids is 2. The van der Waals surface area contributed by atoms with Crippen molar-refractivity contribution in [3.8, 4) is 0 Å². The highest BCUT2D eigenvalue weighted by Crippen LogP contribution is 2.12. The van der Waals surface area contributed by atoms with Crippen LogP contribution in [0.4, 0.5) is 10.6 Å². The number of nitrogens with zero attached hydrogens (tertiary/aromatic N) is 2. The first kappa shape index (κ1) is 13.5. The van der Waals surface area contributed by atoms with Crippen LogP contribution in [0.15, 0.2) is 6.20 Å². The summed E-state index contributed by atoms with van der Waals surface area (Å²) in [6, 6.07) is 0. The molecule has 7 heteroatoms. The molecule has 1 rings (SSSR count). The maximum atomic E-state index is 11.4. The van der Waals surface area contributed by atoms with Gasteiger partial charge in [-0.3, -0.25) is 10.1 Å². The van der Waals surface area contributed by atoms with Gasteiger partial charge in [0.05, 0.1) is 0 Å². The number of halogens is 1. The molecule has 0 saturated carbocycles. The van der Waals surface area contributed by atoms with Crippen molar-refractivity contribution in [2.75, 3.05) is 5.32 Å². The standard InChI is InChI=1S/C10H14ClN3O3/c1-10(2,3)17-9(16)13-6-5-14(4)8(12-6)7(11)15/h5H,1-4H3,(H,13,16). The van der Waals surface area contributed by atoms with Crippen LogP contribution in [0, 0.1) is 0 Å². The molecule has 1 aromatic rings. The first-order valence-corrected chi connectivity index (χ1v) is 5.30. The van der Waals surface area contributed by atoms with Crippen LogP contribution in [0.1, 0.15) is 31.4 Å². The smallest absolute Gasteiger partial charge is 0.413 e. The fraction of sp³-hybridized carbons (Fsp3) is 0.500. The zero-order valence-corrected chi connectivity index (χ0v) is 10.8. The SMILES string of the molecule is Cn1cc(NC(=O)OC(C)(C)C)nc1C(=O)Cl. The number of amides is 1. The third-order valence-corrected chi connectivity index (χ3v) is 1.85. The average molecular weight is 260 g/mol. The summed E-state index contributed by atoms with van der Waals surface area (Å²) in [6.07, 6.45) is 0.837. The van der Waals surface area contributed by atoms with Gasteiger partial charge >= 0.3 is 6.09 Å². The lowest BCUT2D eigenvalue weighted by molar-refractivity contribution is 0.0635. The molecule has 0 saturated heterocycles. The first-order valence-electron chi connectivity index (χ1n) is 4.92. The molecule has 0 aliphatic heterocycles. The lowest BCUT2D eigenvalue weighted by Gasteiger charge is -2.18. The molecule has 1 amide bonds. The molecule has 94 valence electrons.